The molecule has 3 aromatic rings. The van der Waals surface area contributed by atoms with Gasteiger partial charge in [0.1, 0.15) is 0 Å². The van der Waals surface area contributed by atoms with Gasteiger partial charge >= 0.3 is 6.18 Å². The summed E-state index contributed by atoms with van der Waals surface area (Å²) in [7, 11) is 1.65. The number of anilines is 2. The minimum Gasteiger partial charge on any atom is -0.371 e. The first kappa shape index (κ1) is 17.9. The summed E-state index contributed by atoms with van der Waals surface area (Å²) < 4.78 is 38.3. The third-order valence-corrected chi connectivity index (χ3v) is 3.96. The van der Waals surface area contributed by atoms with Crippen molar-refractivity contribution >= 4 is 39.8 Å². The first-order valence-electron chi connectivity index (χ1n) is 7.42. The molecule has 2 N–H and O–H groups in total. The highest BCUT2D eigenvalue weighted by molar-refractivity contribution is 6.34. The van der Waals surface area contributed by atoms with E-state index in [1.165, 1.54) is 18.2 Å². The van der Waals surface area contributed by atoms with E-state index in [1.807, 2.05) is 0 Å². The van der Waals surface area contributed by atoms with Crippen LogP contribution in [0.5, 0.6) is 0 Å². The Morgan fingerprint density at radius 3 is 2.54 bits per heavy atom. The van der Waals surface area contributed by atoms with Crippen LogP contribution in [0.1, 0.15) is 15.9 Å². The van der Waals surface area contributed by atoms with Gasteiger partial charge in [-0.15, -0.1) is 10.2 Å². The molecule has 9 heteroatoms. The zero-order valence-electron chi connectivity index (χ0n) is 13.4. The van der Waals surface area contributed by atoms with Crippen LogP contribution in [0.4, 0.5) is 24.7 Å². The predicted molar refractivity (Wildman–Crippen MR) is 93.5 cm³/mol. The maximum Gasteiger partial charge on any atom is 0.416 e. The summed E-state index contributed by atoms with van der Waals surface area (Å²) in [6.45, 7) is 0. The molecular formula is C17H12ClF3N4O. The van der Waals surface area contributed by atoms with Gasteiger partial charge < -0.3 is 10.6 Å². The summed E-state index contributed by atoms with van der Waals surface area (Å²) in [4.78, 5) is 12.4. The molecule has 0 fully saturated rings. The number of fused-ring (bicyclic) bond motifs is 1. The molecule has 26 heavy (non-hydrogen) atoms. The molecule has 3 rings (SSSR count). The summed E-state index contributed by atoms with van der Waals surface area (Å²) in [5, 5.41) is 14.4. The number of hydrogen-bond acceptors (Lipinski definition) is 4. The minimum atomic E-state index is -4.49. The summed E-state index contributed by atoms with van der Waals surface area (Å²) in [6.07, 6.45) is -4.49. The van der Waals surface area contributed by atoms with Crippen molar-refractivity contribution in [1.29, 1.82) is 0 Å². The average Bonchev–Trinajstić information content (AvgIpc) is 2.61. The van der Waals surface area contributed by atoms with E-state index in [2.05, 4.69) is 20.8 Å². The Balaban J connectivity index is 1.93. The molecule has 0 radical (unpaired) electrons. The molecular weight excluding hydrogens is 369 g/mol. The molecule has 0 spiro atoms. The van der Waals surface area contributed by atoms with E-state index in [0.29, 0.717) is 16.6 Å². The molecule has 5 nitrogen and oxygen atoms in total. The van der Waals surface area contributed by atoms with E-state index in [9.17, 15) is 18.0 Å². The molecule has 2 aromatic carbocycles. The van der Waals surface area contributed by atoms with Crippen LogP contribution in [0.25, 0.3) is 10.8 Å². The van der Waals surface area contributed by atoms with Gasteiger partial charge in [-0.2, -0.15) is 13.2 Å². The van der Waals surface area contributed by atoms with Crippen molar-refractivity contribution in [3.63, 3.8) is 0 Å². The predicted octanol–water partition coefficient (Wildman–Crippen LogP) is 4.60. The number of alkyl halides is 3. The summed E-state index contributed by atoms with van der Waals surface area (Å²) in [5.41, 5.74) is -0.548. The number of carbonyl (C=O) groups excluding carboxylic acids is 1. The second kappa shape index (κ2) is 6.80. The first-order chi connectivity index (χ1) is 12.3. The fraction of sp³-hybridized carbons (Fsp3) is 0.118. The van der Waals surface area contributed by atoms with Gasteiger partial charge in [0.2, 0.25) is 0 Å². The van der Waals surface area contributed by atoms with Gasteiger partial charge in [-0.1, -0.05) is 23.7 Å². The maximum absolute atomic E-state index is 12.8. The zero-order chi connectivity index (χ0) is 18.9. The molecule has 134 valence electrons. The molecule has 0 aliphatic rings. The van der Waals surface area contributed by atoms with E-state index >= 15 is 0 Å². The lowest BCUT2D eigenvalue weighted by atomic mass is 10.1. The number of hydrogen-bond donors (Lipinski definition) is 2. The summed E-state index contributed by atoms with van der Waals surface area (Å²) >= 11 is 6.00. The molecule has 1 aromatic heterocycles. The Kier molecular flexibility index (Phi) is 4.69. The molecule has 0 saturated heterocycles. The highest BCUT2D eigenvalue weighted by Gasteiger charge is 2.30. The standard InChI is InChI=1S/C17H12ClF3N4O/c1-22-15-13-7-9(5-6-12(13)14(18)24-25-15)16(26)23-11-4-2-3-10(8-11)17(19,20)21/h2-8H,1H3,(H,22,25)(H,23,26). The Morgan fingerprint density at radius 2 is 1.85 bits per heavy atom. The Morgan fingerprint density at radius 1 is 1.08 bits per heavy atom. The number of benzene rings is 2. The number of rotatable bonds is 3. The SMILES string of the molecule is CNc1nnc(Cl)c2ccc(C(=O)Nc3cccc(C(F)(F)F)c3)cc12. The van der Waals surface area contributed by atoms with Gasteiger partial charge in [0.15, 0.2) is 11.0 Å². The second-order valence-corrected chi connectivity index (χ2v) is 5.74. The van der Waals surface area contributed by atoms with Gasteiger partial charge in [0.05, 0.1) is 5.56 Å². The molecule has 0 saturated carbocycles. The molecule has 0 atom stereocenters. The van der Waals surface area contributed by atoms with Gasteiger partial charge in [-0.3, -0.25) is 4.79 Å². The van der Waals surface area contributed by atoms with Crippen LogP contribution < -0.4 is 10.6 Å². The molecule has 0 bridgehead atoms. The van der Waals surface area contributed by atoms with E-state index in [-0.39, 0.29) is 16.4 Å². The zero-order valence-corrected chi connectivity index (χ0v) is 14.1. The van der Waals surface area contributed by atoms with Crippen LogP contribution in [-0.2, 0) is 6.18 Å². The molecule has 1 amide bonds. The van der Waals surface area contributed by atoms with Crippen LogP contribution in [0.15, 0.2) is 42.5 Å². The largest absolute Gasteiger partial charge is 0.416 e. The second-order valence-electron chi connectivity index (χ2n) is 5.38. The van der Waals surface area contributed by atoms with Gasteiger partial charge in [-0.25, -0.2) is 0 Å². The average molecular weight is 381 g/mol. The van der Waals surface area contributed by atoms with Crippen molar-refractivity contribution in [2.24, 2.45) is 0 Å². The number of amides is 1. The Labute approximate surface area is 151 Å². The maximum atomic E-state index is 12.8. The molecule has 0 aliphatic carbocycles. The lowest BCUT2D eigenvalue weighted by Crippen LogP contribution is -2.13. The van der Waals surface area contributed by atoms with Crippen molar-refractivity contribution in [2.45, 2.75) is 6.18 Å². The topological polar surface area (TPSA) is 66.9 Å². The van der Waals surface area contributed by atoms with Crippen LogP contribution in [0.2, 0.25) is 5.15 Å². The van der Waals surface area contributed by atoms with E-state index < -0.39 is 17.6 Å². The van der Waals surface area contributed by atoms with Gasteiger partial charge in [-0.05, 0) is 30.3 Å². The van der Waals surface area contributed by atoms with E-state index in [0.717, 1.165) is 12.1 Å². The molecule has 1 heterocycles. The fourth-order valence-corrected chi connectivity index (χ4v) is 2.63. The summed E-state index contributed by atoms with van der Waals surface area (Å²) in [6, 6.07) is 9.09. The van der Waals surface area contributed by atoms with Crippen LogP contribution in [-0.4, -0.2) is 23.2 Å². The highest BCUT2D eigenvalue weighted by atomic mass is 35.5. The van der Waals surface area contributed by atoms with Crippen molar-refractivity contribution in [3.05, 3.63) is 58.7 Å². The highest BCUT2D eigenvalue weighted by Crippen LogP contribution is 2.31. The number of nitrogens with one attached hydrogen (secondary N) is 2. The quantitative estimate of drug-likeness (QED) is 0.697. The summed E-state index contributed by atoms with van der Waals surface area (Å²) in [5.74, 6) is -0.126. The Bertz CT molecular complexity index is 991. The molecule has 0 aliphatic heterocycles. The third kappa shape index (κ3) is 3.55. The Hall–Kier alpha value is -2.87. The van der Waals surface area contributed by atoms with Gasteiger partial charge in [0.25, 0.3) is 5.91 Å². The fourth-order valence-electron chi connectivity index (χ4n) is 2.42. The van der Waals surface area contributed by atoms with E-state index in [4.69, 9.17) is 11.6 Å². The third-order valence-electron chi connectivity index (χ3n) is 3.68. The van der Waals surface area contributed by atoms with Crippen molar-refractivity contribution in [1.82, 2.24) is 10.2 Å². The number of nitrogens with zero attached hydrogens (tertiary/aromatic N) is 2. The normalized spacial score (nSPS) is 11.4. The van der Waals surface area contributed by atoms with Crippen molar-refractivity contribution in [2.75, 3.05) is 17.7 Å². The van der Waals surface area contributed by atoms with Crippen LogP contribution in [0, 0.1) is 0 Å². The van der Waals surface area contributed by atoms with Gasteiger partial charge in [0, 0.05) is 29.1 Å². The lowest BCUT2D eigenvalue weighted by molar-refractivity contribution is -0.137. The van der Waals surface area contributed by atoms with Crippen LogP contribution in [0.3, 0.4) is 0 Å². The lowest BCUT2D eigenvalue weighted by Gasteiger charge is -2.11. The van der Waals surface area contributed by atoms with E-state index in [1.54, 1.807) is 19.2 Å². The number of aromatic nitrogens is 2. The monoisotopic (exact) mass is 380 g/mol. The smallest absolute Gasteiger partial charge is 0.371 e. The molecule has 0 unspecified atom stereocenters. The number of halogens is 4. The van der Waals surface area contributed by atoms with Crippen molar-refractivity contribution < 1.29 is 18.0 Å². The minimum absolute atomic E-state index is 0.0460. The van der Waals surface area contributed by atoms with Crippen molar-refractivity contribution in [3.8, 4) is 0 Å². The first-order valence-corrected chi connectivity index (χ1v) is 7.79. The van der Waals surface area contributed by atoms with Crippen LogP contribution >= 0.6 is 11.6 Å². The number of carbonyl (C=O) groups is 1.